The van der Waals surface area contributed by atoms with Crippen LogP contribution in [-0.2, 0) is 6.54 Å². The van der Waals surface area contributed by atoms with Gasteiger partial charge in [0.05, 0.1) is 0 Å². The maximum Gasteiger partial charge on any atom is 0.0300 e. The molecular formula is C15H24N2S. The molecule has 1 atom stereocenters. The molecule has 1 aromatic heterocycles. The molecule has 0 amide bonds. The molecule has 1 aromatic rings. The summed E-state index contributed by atoms with van der Waals surface area (Å²) in [7, 11) is 0. The summed E-state index contributed by atoms with van der Waals surface area (Å²) in [5.41, 5.74) is 0. The van der Waals surface area contributed by atoms with Crippen LogP contribution in [0.2, 0.25) is 0 Å². The van der Waals surface area contributed by atoms with E-state index in [1.165, 1.54) is 37.1 Å². The van der Waals surface area contributed by atoms with E-state index < -0.39 is 0 Å². The van der Waals surface area contributed by atoms with Gasteiger partial charge in [-0.05, 0) is 50.0 Å². The van der Waals surface area contributed by atoms with Crippen molar-refractivity contribution in [2.75, 3.05) is 13.1 Å². The highest BCUT2D eigenvalue weighted by Crippen LogP contribution is 2.35. The minimum absolute atomic E-state index is 0.693. The third-order valence-electron chi connectivity index (χ3n) is 4.07. The molecule has 1 unspecified atom stereocenters. The van der Waals surface area contributed by atoms with Crippen LogP contribution in [0.15, 0.2) is 17.5 Å². The normalized spacial score (nSPS) is 21.4. The summed E-state index contributed by atoms with van der Waals surface area (Å²) in [6.45, 7) is 5.90. The highest BCUT2D eigenvalue weighted by molar-refractivity contribution is 7.09. The molecule has 0 bridgehead atoms. The van der Waals surface area contributed by atoms with E-state index in [0.29, 0.717) is 6.04 Å². The highest BCUT2D eigenvalue weighted by Gasteiger charge is 2.35. The highest BCUT2D eigenvalue weighted by atomic mass is 32.1. The molecular weight excluding hydrogens is 240 g/mol. The van der Waals surface area contributed by atoms with Crippen molar-refractivity contribution in [1.82, 2.24) is 10.2 Å². The minimum Gasteiger partial charge on any atom is -0.310 e. The number of nitrogens with zero attached hydrogens (tertiary/aromatic N) is 1. The number of nitrogens with one attached hydrogen (secondary N) is 1. The van der Waals surface area contributed by atoms with Crippen LogP contribution in [-0.4, -0.2) is 30.1 Å². The third kappa shape index (κ3) is 3.56. The number of hydrogen-bond donors (Lipinski definition) is 1. The van der Waals surface area contributed by atoms with Gasteiger partial charge in [-0.2, -0.15) is 0 Å². The lowest BCUT2D eigenvalue weighted by atomic mass is 10.2. The van der Waals surface area contributed by atoms with E-state index in [4.69, 9.17) is 0 Å². The van der Waals surface area contributed by atoms with Crippen LogP contribution in [0.3, 0.4) is 0 Å². The summed E-state index contributed by atoms with van der Waals surface area (Å²) in [5.74, 6) is 1.02. The Labute approximate surface area is 114 Å². The van der Waals surface area contributed by atoms with E-state index in [9.17, 15) is 0 Å². The van der Waals surface area contributed by atoms with Gasteiger partial charge in [0.2, 0.25) is 0 Å². The Morgan fingerprint density at radius 3 is 2.83 bits per heavy atom. The van der Waals surface area contributed by atoms with Gasteiger partial charge < -0.3 is 5.32 Å². The summed E-state index contributed by atoms with van der Waals surface area (Å²) in [6, 6.07) is 5.95. The summed E-state index contributed by atoms with van der Waals surface area (Å²) in [4.78, 5) is 4.21. The summed E-state index contributed by atoms with van der Waals surface area (Å²) in [5, 5.41) is 5.77. The lowest BCUT2D eigenvalue weighted by Crippen LogP contribution is -2.42. The molecule has 0 radical (unpaired) electrons. The number of hydrogen-bond acceptors (Lipinski definition) is 3. The lowest BCUT2D eigenvalue weighted by Gasteiger charge is -2.29. The van der Waals surface area contributed by atoms with Crippen LogP contribution in [0.5, 0.6) is 0 Å². The van der Waals surface area contributed by atoms with Gasteiger partial charge in [-0.3, -0.25) is 4.90 Å². The fraction of sp³-hybridized carbons (Fsp3) is 0.733. The van der Waals surface area contributed by atoms with Gasteiger partial charge in [0.25, 0.3) is 0 Å². The minimum atomic E-state index is 0.693. The monoisotopic (exact) mass is 264 g/mol. The first kappa shape index (κ1) is 12.6. The molecule has 3 heteroatoms. The zero-order valence-corrected chi connectivity index (χ0v) is 12.1. The van der Waals surface area contributed by atoms with Gasteiger partial charge in [-0.25, -0.2) is 0 Å². The second-order valence-corrected chi connectivity index (χ2v) is 6.96. The van der Waals surface area contributed by atoms with E-state index in [0.717, 1.165) is 25.0 Å². The molecule has 0 saturated heterocycles. The molecule has 0 aromatic carbocycles. The Balaban J connectivity index is 1.42. The summed E-state index contributed by atoms with van der Waals surface area (Å²) in [6.07, 6.45) is 5.81. The molecule has 2 fully saturated rings. The van der Waals surface area contributed by atoms with E-state index >= 15 is 0 Å². The predicted octanol–water partition coefficient (Wildman–Crippen LogP) is 3.10. The SMILES string of the molecule is CC(CNCc1cccs1)N(CC1CC1)C1CC1. The van der Waals surface area contributed by atoms with E-state index in [-0.39, 0.29) is 0 Å². The predicted molar refractivity (Wildman–Crippen MR) is 77.9 cm³/mol. The first-order valence-electron chi connectivity index (χ1n) is 7.32. The first-order valence-corrected chi connectivity index (χ1v) is 8.19. The maximum atomic E-state index is 3.61. The van der Waals surface area contributed by atoms with Crippen molar-refractivity contribution in [2.45, 2.75) is 51.2 Å². The molecule has 2 saturated carbocycles. The van der Waals surface area contributed by atoms with Crippen LogP contribution in [0.25, 0.3) is 0 Å². The molecule has 1 heterocycles. The van der Waals surface area contributed by atoms with Crippen LogP contribution in [0.4, 0.5) is 0 Å². The molecule has 1 N–H and O–H groups in total. The van der Waals surface area contributed by atoms with Gasteiger partial charge in [0.1, 0.15) is 0 Å². The van der Waals surface area contributed by atoms with Crippen molar-refractivity contribution in [1.29, 1.82) is 0 Å². The Morgan fingerprint density at radius 1 is 1.39 bits per heavy atom. The number of thiophene rings is 1. The Bertz CT molecular complexity index is 355. The molecule has 100 valence electrons. The smallest absolute Gasteiger partial charge is 0.0300 e. The summed E-state index contributed by atoms with van der Waals surface area (Å²) >= 11 is 1.85. The standard InChI is InChI=1S/C15H24N2S/c1-12(9-16-10-15-3-2-8-18-15)17(14-6-7-14)11-13-4-5-13/h2-3,8,12-14,16H,4-7,9-11H2,1H3. The quantitative estimate of drug-likeness (QED) is 0.776. The molecule has 18 heavy (non-hydrogen) atoms. The average Bonchev–Trinajstić information content (AvgIpc) is 3.27. The maximum absolute atomic E-state index is 3.61. The van der Waals surface area contributed by atoms with Crippen molar-refractivity contribution in [3.63, 3.8) is 0 Å². The van der Waals surface area contributed by atoms with Gasteiger partial charge >= 0.3 is 0 Å². The van der Waals surface area contributed by atoms with Gasteiger partial charge in [-0.15, -0.1) is 11.3 Å². The van der Waals surface area contributed by atoms with E-state index in [1.54, 1.807) is 0 Å². The molecule has 0 aliphatic heterocycles. The van der Waals surface area contributed by atoms with Gasteiger partial charge in [-0.1, -0.05) is 6.07 Å². The van der Waals surface area contributed by atoms with Crippen molar-refractivity contribution in [3.05, 3.63) is 22.4 Å². The third-order valence-corrected chi connectivity index (χ3v) is 4.94. The van der Waals surface area contributed by atoms with Crippen LogP contribution in [0.1, 0.15) is 37.5 Å². The van der Waals surface area contributed by atoms with Gasteiger partial charge in [0, 0.05) is 36.6 Å². The molecule has 2 nitrogen and oxygen atoms in total. The van der Waals surface area contributed by atoms with E-state index in [1.807, 2.05) is 11.3 Å². The van der Waals surface area contributed by atoms with Crippen LogP contribution in [0, 0.1) is 5.92 Å². The molecule has 3 rings (SSSR count). The van der Waals surface area contributed by atoms with Crippen molar-refractivity contribution in [3.8, 4) is 0 Å². The molecule has 2 aliphatic carbocycles. The summed E-state index contributed by atoms with van der Waals surface area (Å²) < 4.78 is 0. The molecule has 0 spiro atoms. The zero-order valence-electron chi connectivity index (χ0n) is 11.3. The topological polar surface area (TPSA) is 15.3 Å². The largest absolute Gasteiger partial charge is 0.310 e. The van der Waals surface area contributed by atoms with Crippen molar-refractivity contribution in [2.24, 2.45) is 5.92 Å². The fourth-order valence-electron chi connectivity index (χ4n) is 2.63. The zero-order chi connectivity index (χ0) is 12.4. The van der Waals surface area contributed by atoms with Crippen molar-refractivity contribution >= 4 is 11.3 Å². The Morgan fingerprint density at radius 2 is 2.22 bits per heavy atom. The lowest BCUT2D eigenvalue weighted by molar-refractivity contribution is 0.186. The Hall–Kier alpha value is -0.380. The van der Waals surface area contributed by atoms with E-state index in [2.05, 4.69) is 34.7 Å². The van der Waals surface area contributed by atoms with Crippen LogP contribution < -0.4 is 5.32 Å². The van der Waals surface area contributed by atoms with Gasteiger partial charge in [0.15, 0.2) is 0 Å². The first-order chi connectivity index (χ1) is 8.83. The average molecular weight is 264 g/mol. The van der Waals surface area contributed by atoms with Crippen LogP contribution >= 0.6 is 11.3 Å². The Kier molecular flexibility index (Phi) is 4.02. The second-order valence-electron chi connectivity index (χ2n) is 5.93. The fourth-order valence-corrected chi connectivity index (χ4v) is 3.30. The number of rotatable bonds is 8. The van der Waals surface area contributed by atoms with Crippen molar-refractivity contribution < 1.29 is 0 Å². The second kappa shape index (κ2) is 5.72. The molecule has 2 aliphatic rings.